The average Bonchev–Trinajstić information content (AvgIpc) is 2.77. The van der Waals surface area contributed by atoms with Crippen molar-refractivity contribution in [2.45, 2.75) is 26.0 Å². The predicted molar refractivity (Wildman–Crippen MR) is 111 cm³/mol. The Labute approximate surface area is 171 Å². The summed E-state index contributed by atoms with van der Waals surface area (Å²) < 4.78 is 11.2. The van der Waals surface area contributed by atoms with Gasteiger partial charge in [0.2, 0.25) is 0 Å². The van der Waals surface area contributed by atoms with Gasteiger partial charge in [-0.05, 0) is 36.1 Å². The molecule has 1 aliphatic rings. The Morgan fingerprint density at radius 1 is 1.07 bits per heavy atom. The fourth-order valence-electron chi connectivity index (χ4n) is 3.19. The van der Waals surface area contributed by atoms with E-state index in [1.807, 2.05) is 48.5 Å². The summed E-state index contributed by atoms with van der Waals surface area (Å²) >= 11 is 0. The summed E-state index contributed by atoms with van der Waals surface area (Å²) in [4.78, 5) is 25.8. The summed E-state index contributed by atoms with van der Waals surface area (Å²) in [5.41, 5.74) is 2.74. The monoisotopic (exact) mass is 396 g/mol. The molecule has 0 radical (unpaired) electrons. The number of ether oxygens (including phenoxy) is 2. The Morgan fingerprint density at radius 2 is 1.76 bits per heavy atom. The minimum Gasteiger partial charge on any atom is -0.489 e. The van der Waals surface area contributed by atoms with E-state index in [1.54, 1.807) is 14.1 Å². The smallest absolute Gasteiger partial charge is 0.317 e. The van der Waals surface area contributed by atoms with Crippen LogP contribution in [0.15, 0.2) is 48.5 Å². The molecule has 2 amide bonds. The second kappa shape index (κ2) is 10.1. The molecule has 1 saturated heterocycles. The molecule has 1 heterocycles. The highest BCUT2D eigenvalue weighted by Crippen LogP contribution is 2.23. The zero-order valence-corrected chi connectivity index (χ0v) is 17.0. The number of nitrogens with zero attached hydrogens (tertiary/aromatic N) is 1. The van der Waals surface area contributed by atoms with Crippen LogP contribution >= 0.6 is 0 Å². The number of rotatable bonds is 7. The van der Waals surface area contributed by atoms with Gasteiger partial charge in [-0.15, -0.1) is 0 Å². The molecule has 0 unspecified atom stereocenters. The van der Waals surface area contributed by atoms with E-state index in [4.69, 9.17) is 9.47 Å². The highest BCUT2D eigenvalue weighted by molar-refractivity contribution is 5.98. The summed E-state index contributed by atoms with van der Waals surface area (Å²) in [6, 6.07) is 15.2. The second-order valence-electron chi connectivity index (χ2n) is 7.44. The van der Waals surface area contributed by atoms with E-state index in [0.29, 0.717) is 37.7 Å². The fourth-order valence-corrected chi connectivity index (χ4v) is 3.19. The Bertz CT molecular complexity index is 827. The van der Waals surface area contributed by atoms with Gasteiger partial charge in [-0.1, -0.05) is 36.4 Å². The minimum absolute atomic E-state index is 0.0412. The molecule has 0 spiro atoms. The largest absolute Gasteiger partial charge is 0.489 e. The first-order valence-electron chi connectivity index (χ1n) is 9.90. The molecule has 1 fully saturated rings. The van der Waals surface area contributed by atoms with E-state index in [-0.39, 0.29) is 17.7 Å². The molecule has 6 nitrogen and oxygen atoms in total. The zero-order valence-electron chi connectivity index (χ0n) is 17.0. The Morgan fingerprint density at radius 3 is 2.45 bits per heavy atom. The lowest BCUT2D eigenvalue weighted by atomic mass is 9.91. The van der Waals surface area contributed by atoms with Crippen molar-refractivity contribution in [3.05, 3.63) is 65.2 Å². The van der Waals surface area contributed by atoms with Gasteiger partial charge in [0.25, 0.3) is 0 Å². The number of benzene rings is 2. The number of carbonyl (C=O) groups is 2. The van der Waals surface area contributed by atoms with Gasteiger partial charge in [-0.3, -0.25) is 4.79 Å². The van der Waals surface area contributed by atoms with Gasteiger partial charge in [-0.2, -0.15) is 0 Å². The lowest BCUT2D eigenvalue weighted by molar-refractivity contribution is 0.0544. The SMILES string of the molecule is CN(C)C(=O)NCc1ccc(COc2cccc(C(=O)C3CCOCC3)c2)cc1. The van der Waals surface area contributed by atoms with Gasteiger partial charge >= 0.3 is 6.03 Å². The second-order valence-corrected chi connectivity index (χ2v) is 7.44. The van der Waals surface area contributed by atoms with Crippen LogP contribution in [0.3, 0.4) is 0 Å². The number of nitrogens with one attached hydrogen (secondary N) is 1. The van der Waals surface area contributed by atoms with E-state index in [0.717, 1.165) is 24.0 Å². The van der Waals surface area contributed by atoms with Crippen LogP contribution in [0.1, 0.15) is 34.3 Å². The lowest BCUT2D eigenvalue weighted by Crippen LogP contribution is -2.33. The molecule has 0 saturated carbocycles. The van der Waals surface area contributed by atoms with Crippen LogP contribution in [-0.2, 0) is 17.9 Å². The molecule has 3 rings (SSSR count). The molecule has 0 aromatic heterocycles. The normalized spacial score (nSPS) is 14.3. The van der Waals surface area contributed by atoms with E-state index in [2.05, 4.69) is 5.32 Å². The summed E-state index contributed by atoms with van der Waals surface area (Å²) in [5.74, 6) is 0.896. The zero-order chi connectivity index (χ0) is 20.6. The summed E-state index contributed by atoms with van der Waals surface area (Å²) in [5, 5.41) is 2.84. The lowest BCUT2D eigenvalue weighted by Gasteiger charge is -2.21. The summed E-state index contributed by atoms with van der Waals surface area (Å²) in [6.07, 6.45) is 1.57. The molecule has 0 bridgehead atoms. The molecular weight excluding hydrogens is 368 g/mol. The number of hydrogen-bond donors (Lipinski definition) is 1. The third kappa shape index (κ3) is 6.06. The quantitative estimate of drug-likeness (QED) is 0.726. The maximum absolute atomic E-state index is 12.7. The van der Waals surface area contributed by atoms with E-state index >= 15 is 0 Å². The number of ketones is 1. The molecule has 1 aliphatic heterocycles. The molecule has 2 aromatic rings. The van der Waals surface area contributed by atoms with Crippen molar-refractivity contribution in [2.75, 3.05) is 27.3 Å². The van der Waals surface area contributed by atoms with Crippen molar-refractivity contribution in [3.8, 4) is 5.75 Å². The van der Waals surface area contributed by atoms with Crippen molar-refractivity contribution in [3.63, 3.8) is 0 Å². The van der Waals surface area contributed by atoms with Crippen LogP contribution < -0.4 is 10.1 Å². The van der Waals surface area contributed by atoms with Crippen LogP contribution in [0.25, 0.3) is 0 Å². The van der Waals surface area contributed by atoms with Gasteiger partial charge < -0.3 is 19.7 Å². The van der Waals surface area contributed by atoms with Crippen LogP contribution in [0.2, 0.25) is 0 Å². The Kier molecular flexibility index (Phi) is 7.25. The molecule has 0 atom stereocenters. The topological polar surface area (TPSA) is 67.9 Å². The van der Waals surface area contributed by atoms with Crippen molar-refractivity contribution in [1.29, 1.82) is 0 Å². The van der Waals surface area contributed by atoms with Crippen LogP contribution in [0.4, 0.5) is 4.79 Å². The predicted octanol–water partition coefficient (Wildman–Crippen LogP) is 3.65. The average molecular weight is 396 g/mol. The maximum Gasteiger partial charge on any atom is 0.317 e. The summed E-state index contributed by atoms with van der Waals surface area (Å²) in [6.45, 7) is 2.20. The number of hydrogen-bond acceptors (Lipinski definition) is 4. The first-order chi connectivity index (χ1) is 14.0. The van der Waals surface area contributed by atoms with Crippen LogP contribution in [0.5, 0.6) is 5.75 Å². The summed E-state index contributed by atoms with van der Waals surface area (Å²) in [7, 11) is 3.42. The highest BCUT2D eigenvalue weighted by atomic mass is 16.5. The Hall–Kier alpha value is -2.86. The van der Waals surface area contributed by atoms with Crippen LogP contribution in [0, 0.1) is 5.92 Å². The van der Waals surface area contributed by atoms with Crippen LogP contribution in [-0.4, -0.2) is 44.0 Å². The maximum atomic E-state index is 12.7. The molecular formula is C23H28N2O4. The van der Waals surface area contributed by atoms with Crippen molar-refractivity contribution in [2.24, 2.45) is 5.92 Å². The molecule has 154 valence electrons. The number of carbonyl (C=O) groups excluding carboxylic acids is 2. The molecule has 0 aliphatic carbocycles. The molecule has 29 heavy (non-hydrogen) atoms. The number of urea groups is 1. The first kappa shape index (κ1) is 20.9. The van der Waals surface area contributed by atoms with Gasteiger partial charge in [0.05, 0.1) is 0 Å². The first-order valence-corrected chi connectivity index (χ1v) is 9.90. The minimum atomic E-state index is -0.118. The standard InChI is InChI=1S/C23H28N2O4/c1-25(2)23(27)24-15-17-6-8-18(9-7-17)16-29-21-5-3-4-20(14-21)22(26)19-10-12-28-13-11-19/h3-9,14,19H,10-13,15-16H2,1-2H3,(H,24,27). The van der Waals surface area contributed by atoms with Crippen molar-refractivity contribution in [1.82, 2.24) is 10.2 Å². The molecule has 1 N–H and O–H groups in total. The fraction of sp³-hybridized carbons (Fsp3) is 0.391. The third-order valence-electron chi connectivity index (χ3n) is 4.99. The number of amides is 2. The molecule has 2 aromatic carbocycles. The molecule has 6 heteroatoms. The number of Topliss-reactive ketones (excluding diaryl/α,β-unsaturated/α-hetero) is 1. The Balaban J connectivity index is 1.53. The highest BCUT2D eigenvalue weighted by Gasteiger charge is 2.22. The third-order valence-corrected chi connectivity index (χ3v) is 4.99. The van der Waals surface area contributed by atoms with E-state index in [9.17, 15) is 9.59 Å². The van der Waals surface area contributed by atoms with Gasteiger partial charge in [0, 0.05) is 45.3 Å². The van der Waals surface area contributed by atoms with Crippen molar-refractivity contribution < 1.29 is 19.1 Å². The van der Waals surface area contributed by atoms with Gasteiger partial charge in [-0.25, -0.2) is 4.79 Å². The van der Waals surface area contributed by atoms with Crippen molar-refractivity contribution >= 4 is 11.8 Å². The van der Waals surface area contributed by atoms with Gasteiger partial charge in [0.15, 0.2) is 5.78 Å². The van der Waals surface area contributed by atoms with Gasteiger partial charge in [0.1, 0.15) is 12.4 Å². The van der Waals surface area contributed by atoms with E-state index in [1.165, 1.54) is 4.90 Å². The van der Waals surface area contributed by atoms with E-state index < -0.39 is 0 Å².